The second-order valence-corrected chi connectivity index (χ2v) is 7.03. The minimum absolute atomic E-state index is 0.203. The molecule has 4 rings (SSSR count). The Labute approximate surface area is 154 Å². The van der Waals surface area contributed by atoms with E-state index in [-0.39, 0.29) is 5.78 Å². The van der Waals surface area contributed by atoms with Crippen molar-refractivity contribution in [2.45, 2.75) is 13.5 Å². The van der Waals surface area contributed by atoms with Gasteiger partial charge in [0.05, 0.1) is 6.54 Å². The number of fused-ring (bicyclic) bond motifs is 1. The number of rotatable bonds is 5. The summed E-state index contributed by atoms with van der Waals surface area (Å²) in [7, 11) is 0. The molecule has 0 saturated carbocycles. The number of benzene rings is 2. The van der Waals surface area contributed by atoms with Crippen LogP contribution in [0.25, 0.3) is 0 Å². The number of carbonyl (C=O) groups excluding carboxylic acids is 1. The zero-order valence-corrected chi connectivity index (χ0v) is 15.1. The van der Waals surface area contributed by atoms with Crippen molar-refractivity contribution >= 4 is 5.78 Å². The van der Waals surface area contributed by atoms with Crippen molar-refractivity contribution in [1.29, 1.82) is 0 Å². The number of hydrogen-bond donors (Lipinski definition) is 0. The normalized spacial score (nSPS) is 17.4. The number of aryl methyl sites for hydroxylation is 1. The molecule has 1 fully saturated rings. The van der Waals surface area contributed by atoms with Gasteiger partial charge in [0.1, 0.15) is 0 Å². The van der Waals surface area contributed by atoms with E-state index in [1.165, 1.54) is 11.1 Å². The molecule has 0 spiro atoms. The maximum Gasteiger partial charge on any atom is 0.231 e. The van der Waals surface area contributed by atoms with Crippen molar-refractivity contribution in [3.8, 4) is 11.5 Å². The third kappa shape index (κ3) is 3.89. The topological polar surface area (TPSA) is 42.0 Å². The molecular weight excluding hydrogens is 328 g/mol. The van der Waals surface area contributed by atoms with Crippen LogP contribution in [-0.4, -0.2) is 55.1 Å². The van der Waals surface area contributed by atoms with Crippen molar-refractivity contribution in [3.05, 3.63) is 59.2 Å². The van der Waals surface area contributed by atoms with E-state index in [2.05, 4.69) is 21.9 Å². The quantitative estimate of drug-likeness (QED) is 0.774. The summed E-state index contributed by atoms with van der Waals surface area (Å²) in [5, 5.41) is 0. The van der Waals surface area contributed by atoms with Gasteiger partial charge >= 0.3 is 0 Å². The fourth-order valence-corrected chi connectivity index (χ4v) is 3.44. The van der Waals surface area contributed by atoms with Gasteiger partial charge < -0.3 is 9.47 Å². The lowest BCUT2D eigenvalue weighted by Crippen LogP contribution is -2.47. The Morgan fingerprint density at radius 2 is 1.62 bits per heavy atom. The molecule has 5 nitrogen and oxygen atoms in total. The summed E-state index contributed by atoms with van der Waals surface area (Å²) in [5.74, 6) is 1.87. The van der Waals surface area contributed by atoms with Gasteiger partial charge in [0.15, 0.2) is 17.3 Å². The van der Waals surface area contributed by atoms with Crippen LogP contribution in [0.2, 0.25) is 0 Å². The van der Waals surface area contributed by atoms with Gasteiger partial charge in [-0.05, 0) is 24.6 Å². The van der Waals surface area contributed by atoms with Crippen LogP contribution in [0.15, 0.2) is 42.5 Å². The first-order valence-electron chi connectivity index (χ1n) is 9.10. The summed E-state index contributed by atoms with van der Waals surface area (Å²) in [6.45, 7) is 7.52. The Hall–Kier alpha value is -2.37. The fourth-order valence-electron chi connectivity index (χ4n) is 3.44. The molecular formula is C21H24N2O3. The molecule has 2 aliphatic heterocycles. The number of ketones is 1. The molecule has 0 bridgehead atoms. The Morgan fingerprint density at radius 1 is 0.923 bits per heavy atom. The molecule has 2 aromatic carbocycles. The number of ether oxygens (including phenoxy) is 2. The van der Waals surface area contributed by atoms with E-state index in [1.807, 2.05) is 37.3 Å². The predicted octanol–water partition coefficient (Wildman–Crippen LogP) is 2.72. The molecule has 0 radical (unpaired) electrons. The summed E-state index contributed by atoms with van der Waals surface area (Å²) >= 11 is 0. The summed E-state index contributed by atoms with van der Waals surface area (Å²) in [6, 6.07) is 14.0. The molecule has 26 heavy (non-hydrogen) atoms. The highest BCUT2D eigenvalue weighted by Gasteiger charge is 2.20. The van der Waals surface area contributed by atoms with E-state index in [0.717, 1.165) is 49.8 Å². The lowest BCUT2D eigenvalue weighted by atomic mass is 10.1. The molecule has 2 aromatic rings. The maximum atomic E-state index is 12.4. The van der Waals surface area contributed by atoms with Crippen LogP contribution in [0.3, 0.4) is 0 Å². The fraction of sp³-hybridized carbons (Fsp3) is 0.381. The van der Waals surface area contributed by atoms with E-state index in [0.29, 0.717) is 13.3 Å². The van der Waals surface area contributed by atoms with Gasteiger partial charge in [-0.25, -0.2) is 0 Å². The average Bonchev–Trinajstić information content (AvgIpc) is 3.12. The first-order valence-corrected chi connectivity index (χ1v) is 9.10. The van der Waals surface area contributed by atoms with Crippen LogP contribution in [-0.2, 0) is 6.54 Å². The van der Waals surface area contributed by atoms with Gasteiger partial charge in [-0.1, -0.05) is 35.9 Å². The monoisotopic (exact) mass is 352 g/mol. The standard InChI is InChI=1S/C21H24N2O3/c1-16-2-5-18(6-3-16)19(24)14-23-10-8-22(9-11-23)13-17-4-7-20-21(12-17)26-15-25-20/h2-7,12H,8-11,13-15H2,1H3. The first-order chi connectivity index (χ1) is 12.7. The Kier molecular flexibility index (Phi) is 4.91. The Bertz CT molecular complexity index is 780. The van der Waals surface area contributed by atoms with E-state index in [9.17, 15) is 4.79 Å². The predicted molar refractivity (Wildman–Crippen MR) is 99.8 cm³/mol. The highest BCUT2D eigenvalue weighted by atomic mass is 16.7. The van der Waals surface area contributed by atoms with Gasteiger partial charge in [0.2, 0.25) is 6.79 Å². The summed E-state index contributed by atoms with van der Waals surface area (Å²) in [6.07, 6.45) is 0. The molecule has 5 heteroatoms. The molecule has 136 valence electrons. The summed E-state index contributed by atoms with van der Waals surface area (Å²) in [5.41, 5.74) is 3.22. The lowest BCUT2D eigenvalue weighted by Gasteiger charge is -2.34. The van der Waals surface area contributed by atoms with Crippen LogP contribution >= 0.6 is 0 Å². The molecule has 2 heterocycles. The van der Waals surface area contributed by atoms with Crippen LogP contribution in [0.1, 0.15) is 21.5 Å². The number of Topliss-reactive ketones (excluding diaryl/α,β-unsaturated/α-hetero) is 1. The van der Waals surface area contributed by atoms with Crippen molar-refractivity contribution < 1.29 is 14.3 Å². The molecule has 0 aromatic heterocycles. The lowest BCUT2D eigenvalue weighted by molar-refractivity contribution is 0.0843. The average molecular weight is 352 g/mol. The van der Waals surface area contributed by atoms with Crippen LogP contribution < -0.4 is 9.47 Å². The van der Waals surface area contributed by atoms with Crippen molar-refractivity contribution in [2.24, 2.45) is 0 Å². The molecule has 2 aliphatic rings. The van der Waals surface area contributed by atoms with Gasteiger partial charge in [0, 0.05) is 38.3 Å². The van der Waals surface area contributed by atoms with Gasteiger partial charge in [-0.3, -0.25) is 14.6 Å². The molecule has 0 aliphatic carbocycles. The number of nitrogens with zero attached hydrogens (tertiary/aromatic N) is 2. The minimum atomic E-state index is 0.203. The van der Waals surface area contributed by atoms with Gasteiger partial charge in [-0.15, -0.1) is 0 Å². The highest BCUT2D eigenvalue weighted by molar-refractivity contribution is 5.97. The summed E-state index contributed by atoms with van der Waals surface area (Å²) < 4.78 is 10.8. The molecule has 1 saturated heterocycles. The van der Waals surface area contributed by atoms with Crippen molar-refractivity contribution in [3.63, 3.8) is 0 Å². The third-order valence-electron chi connectivity index (χ3n) is 5.05. The second-order valence-electron chi connectivity index (χ2n) is 7.03. The smallest absolute Gasteiger partial charge is 0.231 e. The zero-order valence-electron chi connectivity index (χ0n) is 15.1. The first kappa shape index (κ1) is 17.1. The van der Waals surface area contributed by atoms with Gasteiger partial charge in [0.25, 0.3) is 0 Å². The third-order valence-corrected chi connectivity index (χ3v) is 5.05. The van der Waals surface area contributed by atoms with E-state index in [4.69, 9.17) is 9.47 Å². The van der Waals surface area contributed by atoms with Crippen LogP contribution in [0, 0.1) is 6.92 Å². The maximum absolute atomic E-state index is 12.4. The zero-order chi connectivity index (χ0) is 17.9. The molecule has 0 atom stereocenters. The largest absolute Gasteiger partial charge is 0.454 e. The molecule has 0 N–H and O–H groups in total. The van der Waals surface area contributed by atoms with E-state index < -0.39 is 0 Å². The molecule has 0 amide bonds. The minimum Gasteiger partial charge on any atom is -0.454 e. The second kappa shape index (κ2) is 7.48. The Balaban J connectivity index is 1.27. The number of carbonyl (C=O) groups is 1. The Morgan fingerprint density at radius 3 is 2.38 bits per heavy atom. The van der Waals surface area contributed by atoms with Crippen LogP contribution in [0.4, 0.5) is 0 Å². The highest BCUT2D eigenvalue weighted by Crippen LogP contribution is 2.32. The van der Waals surface area contributed by atoms with Crippen molar-refractivity contribution in [2.75, 3.05) is 39.5 Å². The van der Waals surface area contributed by atoms with E-state index >= 15 is 0 Å². The van der Waals surface area contributed by atoms with Crippen LogP contribution in [0.5, 0.6) is 11.5 Å². The number of hydrogen-bond acceptors (Lipinski definition) is 5. The van der Waals surface area contributed by atoms with Gasteiger partial charge in [-0.2, -0.15) is 0 Å². The SMILES string of the molecule is Cc1ccc(C(=O)CN2CCN(Cc3ccc4c(c3)OCO4)CC2)cc1. The number of piperazine rings is 1. The molecule has 0 unspecified atom stereocenters. The van der Waals surface area contributed by atoms with E-state index in [1.54, 1.807) is 0 Å². The summed E-state index contributed by atoms with van der Waals surface area (Å²) in [4.78, 5) is 17.1. The van der Waals surface area contributed by atoms with Crippen molar-refractivity contribution in [1.82, 2.24) is 9.80 Å².